The Kier molecular flexibility index (Phi) is 4.08. The first-order valence-corrected chi connectivity index (χ1v) is 14.4. The molecule has 0 aromatic heterocycles. The predicted octanol–water partition coefficient (Wildman–Crippen LogP) is 4.44. The van der Waals surface area contributed by atoms with Crippen LogP contribution in [0.5, 0.6) is 0 Å². The summed E-state index contributed by atoms with van der Waals surface area (Å²) in [5.41, 5.74) is 2.83. The van der Waals surface area contributed by atoms with E-state index in [0.29, 0.717) is 0 Å². The summed E-state index contributed by atoms with van der Waals surface area (Å²) in [4.78, 5) is 0. The number of hydrogen-bond acceptors (Lipinski definition) is 0. The monoisotopic (exact) mass is 298 g/mol. The van der Waals surface area contributed by atoms with Gasteiger partial charge in [0.2, 0.25) is 0 Å². The van der Waals surface area contributed by atoms with Gasteiger partial charge in [0.1, 0.15) is 0 Å². The van der Waals surface area contributed by atoms with E-state index in [1.165, 1.54) is 11.1 Å². The van der Waals surface area contributed by atoms with Gasteiger partial charge < -0.3 is 0 Å². The summed E-state index contributed by atoms with van der Waals surface area (Å²) in [7, 11) is -2.56. The molecule has 2 heteroatoms. The first kappa shape index (κ1) is 15.3. The molecule has 0 saturated carbocycles. The lowest BCUT2D eigenvalue weighted by Crippen LogP contribution is -2.39. The molecule has 0 spiro atoms. The Labute approximate surface area is 125 Å². The molecule has 106 valence electrons. The minimum atomic E-state index is -1.31. The summed E-state index contributed by atoms with van der Waals surface area (Å²) < 4.78 is 0. The van der Waals surface area contributed by atoms with Crippen LogP contribution >= 0.6 is 0 Å². The van der Waals surface area contributed by atoms with Gasteiger partial charge in [0, 0.05) is 0 Å². The van der Waals surface area contributed by atoms with Crippen LogP contribution in [0.15, 0.2) is 48.5 Å². The van der Waals surface area contributed by atoms with Gasteiger partial charge in [-0.2, -0.15) is 0 Å². The largest absolute Gasteiger partial charge is 0.0784 e. The molecule has 20 heavy (non-hydrogen) atoms. The van der Waals surface area contributed by atoms with Gasteiger partial charge >= 0.3 is 0 Å². The lowest BCUT2D eigenvalue weighted by Gasteiger charge is -2.23. The average Bonchev–Trinajstić information content (AvgIpc) is 2.37. The maximum atomic E-state index is 2.42. The van der Waals surface area contributed by atoms with Gasteiger partial charge in [-0.25, -0.2) is 0 Å². The van der Waals surface area contributed by atoms with Gasteiger partial charge in [-0.1, -0.05) is 98.2 Å². The average molecular weight is 299 g/mol. The van der Waals surface area contributed by atoms with E-state index in [4.69, 9.17) is 0 Å². The number of hydrogen-bond donors (Lipinski definition) is 0. The zero-order valence-corrected chi connectivity index (χ0v) is 15.6. The Morgan fingerprint density at radius 1 is 0.650 bits per heavy atom. The molecule has 2 aromatic rings. The van der Waals surface area contributed by atoms with Gasteiger partial charge in [0.25, 0.3) is 0 Å². The lowest BCUT2D eigenvalue weighted by atomic mass is 10.1. The van der Waals surface area contributed by atoms with Crippen molar-refractivity contribution in [3.8, 4) is 11.1 Å². The highest BCUT2D eigenvalue weighted by molar-refractivity contribution is 6.90. The van der Waals surface area contributed by atoms with Crippen molar-refractivity contribution < 1.29 is 0 Å². The van der Waals surface area contributed by atoms with Crippen LogP contribution in [0.1, 0.15) is 0 Å². The molecule has 0 nitrogen and oxygen atoms in total. The molecular formula is C18H26Si2. The van der Waals surface area contributed by atoms with Crippen LogP contribution < -0.4 is 10.4 Å². The molecule has 0 radical (unpaired) electrons. The van der Waals surface area contributed by atoms with Crippen LogP contribution in [0.25, 0.3) is 11.1 Å². The quantitative estimate of drug-likeness (QED) is 0.735. The fraction of sp³-hybridized carbons (Fsp3) is 0.333. The number of rotatable bonds is 3. The van der Waals surface area contributed by atoms with Gasteiger partial charge in [0.05, 0.1) is 16.1 Å². The van der Waals surface area contributed by atoms with E-state index in [1.54, 1.807) is 10.4 Å². The van der Waals surface area contributed by atoms with Gasteiger partial charge in [-0.05, 0) is 11.1 Å². The minimum absolute atomic E-state index is 1.25. The van der Waals surface area contributed by atoms with E-state index in [-0.39, 0.29) is 0 Å². The van der Waals surface area contributed by atoms with Gasteiger partial charge in [-0.3, -0.25) is 0 Å². The molecule has 0 aliphatic carbocycles. The highest BCUT2D eigenvalue weighted by atomic mass is 28.3. The van der Waals surface area contributed by atoms with E-state index in [1.807, 2.05) is 0 Å². The SMILES string of the molecule is C[Si](C)(C)c1cccc(-c2ccccc2[Si](C)(C)C)c1. The molecule has 2 aromatic carbocycles. The molecule has 0 aliphatic rings. The van der Waals surface area contributed by atoms with Crippen LogP contribution in [0.2, 0.25) is 39.3 Å². The third kappa shape index (κ3) is 3.30. The highest BCUT2D eigenvalue weighted by Crippen LogP contribution is 2.20. The maximum absolute atomic E-state index is 2.42. The molecule has 0 unspecified atom stereocenters. The third-order valence-electron chi connectivity index (χ3n) is 3.77. The molecule has 0 N–H and O–H groups in total. The van der Waals surface area contributed by atoms with Gasteiger partial charge in [-0.15, -0.1) is 0 Å². The molecule has 0 fully saturated rings. The second-order valence-electron chi connectivity index (χ2n) is 7.63. The normalized spacial score (nSPS) is 12.5. The summed E-state index contributed by atoms with van der Waals surface area (Å²) in [6.45, 7) is 14.5. The molecule has 2 rings (SSSR count). The summed E-state index contributed by atoms with van der Waals surface area (Å²) >= 11 is 0. The Bertz CT molecular complexity index is 601. The van der Waals surface area contributed by atoms with Crippen molar-refractivity contribution in [3.05, 3.63) is 48.5 Å². The summed E-state index contributed by atoms with van der Waals surface area (Å²) in [6, 6.07) is 18.2. The minimum Gasteiger partial charge on any atom is -0.0656 e. The smallest absolute Gasteiger partial charge is 0.0656 e. The van der Waals surface area contributed by atoms with Crippen molar-refractivity contribution in [2.45, 2.75) is 39.3 Å². The van der Waals surface area contributed by atoms with E-state index in [9.17, 15) is 0 Å². The molecule has 0 saturated heterocycles. The molecule has 0 bridgehead atoms. The maximum Gasteiger partial charge on any atom is 0.0784 e. The van der Waals surface area contributed by atoms with Crippen LogP contribution in [0.3, 0.4) is 0 Å². The second kappa shape index (κ2) is 5.34. The van der Waals surface area contributed by atoms with E-state index >= 15 is 0 Å². The summed E-state index contributed by atoms with van der Waals surface area (Å²) in [5.74, 6) is 0. The third-order valence-corrected chi connectivity index (χ3v) is 7.87. The second-order valence-corrected chi connectivity index (χ2v) is 17.7. The van der Waals surface area contributed by atoms with Crippen LogP contribution in [-0.2, 0) is 0 Å². The van der Waals surface area contributed by atoms with Crippen molar-refractivity contribution >= 4 is 26.5 Å². The van der Waals surface area contributed by atoms with E-state index in [0.717, 1.165) is 0 Å². The summed E-state index contributed by atoms with van der Waals surface area (Å²) in [6.07, 6.45) is 0. The Morgan fingerprint density at radius 2 is 1.30 bits per heavy atom. The molecule has 0 atom stereocenters. The van der Waals surface area contributed by atoms with Crippen molar-refractivity contribution in [2.75, 3.05) is 0 Å². The Hall–Kier alpha value is -1.13. The highest BCUT2D eigenvalue weighted by Gasteiger charge is 2.21. The zero-order chi connectivity index (χ0) is 15.0. The molecular weight excluding hydrogens is 272 g/mol. The van der Waals surface area contributed by atoms with Gasteiger partial charge in [0.15, 0.2) is 0 Å². The van der Waals surface area contributed by atoms with Crippen molar-refractivity contribution in [3.63, 3.8) is 0 Å². The van der Waals surface area contributed by atoms with Crippen LogP contribution in [-0.4, -0.2) is 16.1 Å². The lowest BCUT2D eigenvalue weighted by molar-refractivity contribution is 1.61. The first-order chi connectivity index (χ1) is 9.19. The first-order valence-electron chi connectivity index (χ1n) is 7.40. The summed E-state index contributed by atoms with van der Waals surface area (Å²) in [5, 5.41) is 3.10. The molecule has 0 aliphatic heterocycles. The van der Waals surface area contributed by atoms with Crippen LogP contribution in [0.4, 0.5) is 0 Å². The standard InChI is InChI=1S/C18H26Si2/c1-19(2,3)16-11-9-10-15(14-16)17-12-7-8-13-18(17)20(4,5)6/h7-14H,1-6H3. The van der Waals surface area contributed by atoms with Crippen molar-refractivity contribution in [2.24, 2.45) is 0 Å². The predicted molar refractivity (Wildman–Crippen MR) is 97.8 cm³/mol. The molecule has 0 heterocycles. The van der Waals surface area contributed by atoms with Crippen LogP contribution in [0, 0.1) is 0 Å². The van der Waals surface area contributed by atoms with E-state index < -0.39 is 16.1 Å². The molecule has 0 amide bonds. The fourth-order valence-electron chi connectivity index (χ4n) is 2.54. The van der Waals surface area contributed by atoms with Crippen molar-refractivity contribution in [1.29, 1.82) is 0 Å². The van der Waals surface area contributed by atoms with E-state index in [2.05, 4.69) is 87.8 Å². The Balaban J connectivity index is 2.59. The zero-order valence-electron chi connectivity index (χ0n) is 13.6. The number of benzene rings is 2. The Morgan fingerprint density at radius 3 is 1.90 bits per heavy atom. The van der Waals surface area contributed by atoms with Crippen molar-refractivity contribution in [1.82, 2.24) is 0 Å². The fourth-order valence-corrected chi connectivity index (χ4v) is 5.36. The topological polar surface area (TPSA) is 0 Å².